The molecule has 5 heteroatoms. The van der Waals surface area contributed by atoms with E-state index in [1.54, 1.807) is 0 Å². The van der Waals surface area contributed by atoms with E-state index in [1.807, 2.05) is 13.8 Å². The van der Waals surface area contributed by atoms with Crippen molar-refractivity contribution in [2.45, 2.75) is 50.6 Å². The molecule has 1 fully saturated rings. The first-order chi connectivity index (χ1) is 7.42. The van der Waals surface area contributed by atoms with Crippen LogP contribution in [0.5, 0.6) is 0 Å². The van der Waals surface area contributed by atoms with Gasteiger partial charge in [0.1, 0.15) is 12.2 Å². The van der Waals surface area contributed by atoms with Crippen molar-refractivity contribution < 1.29 is 23.4 Å². The molecule has 1 aliphatic heterocycles. The summed E-state index contributed by atoms with van der Waals surface area (Å²) in [5.74, 6) is -3.35. The molecule has 94 valence electrons. The maximum atomic E-state index is 13.2. The third-order valence-corrected chi connectivity index (χ3v) is 2.82. The molecule has 0 bridgehead atoms. The van der Waals surface area contributed by atoms with Gasteiger partial charge >= 0.3 is 0 Å². The molecule has 1 N–H and O–H groups in total. The second-order valence-electron chi connectivity index (χ2n) is 3.98. The SMILES string of the molecule is C=CC(F)(F)C(O)C1COC(C)C(CC)O1. The summed E-state index contributed by atoms with van der Waals surface area (Å²) in [6, 6.07) is 0. The lowest BCUT2D eigenvalue weighted by molar-refractivity contribution is -0.230. The van der Waals surface area contributed by atoms with Crippen LogP contribution in [-0.2, 0) is 9.47 Å². The van der Waals surface area contributed by atoms with Crippen LogP contribution in [0, 0.1) is 0 Å². The van der Waals surface area contributed by atoms with Crippen molar-refractivity contribution in [1.82, 2.24) is 0 Å². The Hall–Kier alpha value is -0.520. The lowest BCUT2D eigenvalue weighted by Gasteiger charge is -2.38. The number of hydrogen-bond donors (Lipinski definition) is 1. The molecule has 0 amide bonds. The highest BCUT2D eigenvalue weighted by molar-refractivity contribution is 4.97. The molecule has 0 aromatic heterocycles. The zero-order chi connectivity index (χ0) is 12.3. The van der Waals surface area contributed by atoms with Gasteiger partial charge in [-0.3, -0.25) is 0 Å². The van der Waals surface area contributed by atoms with E-state index in [9.17, 15) is 13.9 Å². The van der Waals surface area contributed by atoms with Crippen molar-refractivity contribution in [1.29, 1.82) is 0 Å². The summed E-state index contributed by atoms with van der Waals surface area (Å²) in [5.41, 5.74) is 0. The standard InChI is InChI=1S/C11H18F2O3/c1-4-8-7(3)15-6-9(16-8)10(14)11(12,13)5-2/h5,7-10,14H,2,4,6H2,1,3H3. The second kappa shape index (κ2) is 5.21. The number of aliphatic hydroxyl groups excluding tert-OH is 1. The quantitative estimate of drug-likeness (QED) is 0.756. The van der Waals surface area contributed by atoms with Crippen molar-refractivity contribution in [2.75, 3.05) is 6.61 Å². The van der Waals surface area contributed by atoms with Gasteiger partial charge in [-0.15, -0.1) is 0 Å². The first-order valence-corrected chi connectivity index (χ1v) is 5.39. The van der Waals surface area contributed by atoms with Gasteiger partial charge in [-0.05, 0) is 19.4 Å². The summed E-state index contributed by atoms with van der Waals surface area (Å²) < 4.78 is 37.0. The average Bonchev–Trinajstić information content (AvgIpc) is 2.28. The maximum Gasteiger partial charge on any atom is 0.294 e. The molecule has 1 saturated heterocycles. The van der Waals surface area contributed by atoms with Crippen LogP contribution >= 0.6 is 0 Å². The van der Waals surface area contributed by atoms with Crippen LogP contribution < -0.4 is 0 Å². The first-order valence-electron chi connectivity index (χ1n) is 5.39. The molecule has 0 spiro atoms. The lowest BCUT2D eigenvalue weighted by Crippen LogP contribution is -2.52. The fraction of sp³-hybridized carbons (Fsp3) is 0.818. The van der Waals surface area contributed by atoms with E-state index in [0.29, 0.717) is 12.5 Å². The van der Waals surface area contributed by atoms with Gasteiger partial charge in [-0.1, -0.05) is 13.5 Å². The van der Waals surface area contributed by atoms with E-state index >= 15 is 0 Å². The van der Waals surface area contributed by atoms with Crippen LogP contribution in [0.3, 0.4) is 0 Å². The van der Waals surface area contributed by atoms with Crippen molar-refractivity contribution >= 4 is 0 Å². The average molecular weight is 236 g/mol. The highest BCUT2D eigenvalue weighted by Gasteiger charge is 2.44. The molecule has 1 heterocycles. The van der Waals surface area contributed by atoms with E-state index in [1.165, 1.54) is 0 Å². The summed E-state index contributed by atoms with van der Waals surface area (Å²) in [6.45, 7) is 6.67. The van der Waals surface area contributed by atoms with Crippen molar-refractivity contribution in [3.8, 4) is 0 Å². The molecule has 1 rings (SSSR count). The van der Waals surface area contributed by atoms with Gasteiger partial charge in [-0.25, -0.2) is 0 Å². The Morgan fingerprint density at radius 3 is 2.75 bits per heavy atom. The normalized spacial score (nSPS) is 33.4. The molecule has 1 aliphatic rings. The number of ether oxygens (including phenoxy) is 2. The van der Waals surface area contributed by atoms with Crippen LogP contribution in [0.4, 0.5) is 8.78 Å². The topological polar surface area (TPSA) is 38.7 Å². The first kappa shape index (κ1) is 13.5. The number of halogens is 2. The molecular formula is C11H18F2O3. The molecule has 4 atom stereocenters. The predicted molar refractivity (Wildman–Crippen MR) is 55.5 cm³/mol. The minimum Gasteiger partial charge on any atom is -0.384 e. The predicted octanol–water partition coefficient (Wildman–Crippen LogP) is 1.75. The zero-order valence-corrected chi connectivity index (χ0v) is 9.53. The Bertz CT molecular complexity index is 245. The Balaban J connectivity index is 2.65. The number of alkyl halides is 2. The van der Waals surface area contributed by atoms with Gasteiger partial charge in [0, 0.05) is 0 Å². The highest BCUT2D eigenvalue weighted by Crippen LogP contribution is 2.28. The minimum absolute atomic E-state index is 0.0255. The molecular weight excluding hydrogens is 218 g/mol. The van der Waals surface area contributed by atoms with E-state index in [-0.39, 0.29) is 18.8 Å². The number of aliphatic hydroxyl groups is 1. The van der Waals surface area contributed by atoms with E-state index in [4.69, 9.17) is 9.47 Å². The summed E-state index contributed by atoms with van der Waals surface area (Å²) >= 11 is 0. The third-order valence-electron chi connectivity index (χ3n) is 2.82. The van der Waals surface area contributed by atoms with Gasteiger partial charge in [-0.2, -0.15) is 8.78 Å². The van der Waals surface area contributed by atoms with Crippen molar-refractivity contribution in [2.24, 2.45) is 0 Å². The fourth-order valence-electron chi connectivity index (χ4n) is 1.69. The van der Waals surface area contributed by atoms with Gasteiger partial charge in [0.05, 0.1) is 18.8 Å². The largest absolute Gasteiger partial charge is 0.384 e. The van der Waals surface area contributed by atoms with E-state index < -0.39 is 18.1 Å². The number of rotatable bonds is 4. The van der Waals surface area contributed by atoms with Gasteiger partial charge in [0.2, 0.25) is 0 Å². The monoisotopic (exact) mass is 236 g/mol. The Morgan fingerprint density at radius 1 is 1.62 bits per heavy atom. The molecule has 4 unspecified atom stereocenters. The fourth-order valence-corrected chi connectivity index (χ4v) is 1.69. The molecule has 0 aromatic carbocycles. The van der Waals surface area contributed by atoms with Crippen molar-refractivity contribution in [3.63, 3.8) is 0 Å². The zero-order valence-electron chi connectivity index (χ0n) is 9.53. The minimum atomic E-state index is -3.35. The Kier molecular flexibility index (Phi) is 4.41. The molecule has 0 radical (unpaired) electrons. The highest BCUT2D eigenvalue weighted by atomic mass is 19.3. The van der Waals surface area contributed by atoms with Crippen molar-refractivity contribution in [3.05, 3.63) is 12.7 Å². The van der Waals surface area contributed by atoms with Gasteiger partial charge < -0.3 is 14.6 Å². The van der Waals surface area contributed by atoms with Crippen LogP contribution in [0.25, 0.3) is 0 Å². The van der Waals surface area contributed by atoms with Crippen LogP contribution in [0.1, 0.15) is 20.3 Å². The third kappa shape index (κ3) is 2.78. The molecule has 3 nitrogen and oxygen atoms in total. The molecule has 16 heavy (non-hydrogen) atoms. The number of hydrogen-bond acceptors (Lipinski definition) is 3. The summed E-state index contributed by atoms with van der Waals surface area (Å²) in [5, 5.41) is 9.48. The summed E-state index contributed by atoms with van der Waals surface area (Å²) in [4.78, 5) is 0. The summed E-state index contributed by atoms with van der Waals surface area (Å²) in [6.07, 6.45) is -2.22. The van der Waals surface area contributed by atoms with Crippen LogP contribution in [-0.4, -0.2) is 42.1 Å². The second-order valence-corrected chi connectivity index (χ2v) is 3.98. The maximum absolute atomic E-state index is 13.2. The van der Waals surface area contributed by atoms with E-state index in [0.717, 1.165) is 0 Å². The molecule has 0 aromatic rings. The summed E-state index contributed by atoms with van der Waals surface area (Å²) in [7, 11) is 0. The molecule has 0 aliphatic carbocycles. The molecule has 0 saturated carbocycles. The van der Waals surface area contributed by atoms with E-state index in [2.05, 4.69) is 6.58 Å². The smallest absolute Gasteiger partial charge is 0.294 e. The van der Waals surface area contributed by atoms with Crippen LogP contribution in [0.2, 0.25) is 0 Å². The Morgan fingerprint density at radius 2 is 2.25 bits per heavy atom. The Labute approximate surface area is 94.0 Å². The lowest BCUT2D eigenvalue weighted by atomic mass is 10.0. The van der Waals surface area contributed by atoms with Gasteiger partial charge in [0.25, 0.3) is 5.92 Å². The van der Waals surface area contributed by atoms with Gasteiger partial charge in [0.15, 0.2) is 0 Å². The van der Waals surface area contributed by atoms with Crippen LogP contribution in [0.15, 0.2) is 12.7 Å².